The van der Waals surface area contributed by atoms with E-state index in [2.05, 4.69) is 42.2 Å². The monoisotopic (exact) mass is 475 g/mol. The minimum absolute atomic E-state index is 0.554. The van der Waals surface area contributed by atoms with Gasteiger partial charge in [0.25, 0.3) is 0 Å². The molecule has 0 amide bonds. The van der Waals surface area contributed by atoms with Crippen molar-refractivity contribution >= 4 is 34.2 Å². The molecule has 0 atom stereocenters. The Kier molecular flexibility index (Phi) is 6.68. The molecule has 0 bridgehead atoms. The Morgan fingerprint density at radius 3 is 2.47 bits per heavy atom. The molecule has 4 N–H and O–H groups in total. The van der Waals surface area contributed by atoms with Crippen LogP contribution in [0.15, 0.2) is 36.7 Å². The summed E-state index contributed by atoms with van der Waals surface area (Å²) < 4.78 is 31.7. The first kappa shape index (κ1) is 23.5. The fraction of sp³-hybridized carbons (Fsp3) is 0.364. The Bertz CT molecular complexity index is 1180. The molecule has 12 heteroatoms. The average Bonchev–Trinajstić information content (AvgIpc) is 2.83. The number of nitrogens with two attached hydrogens (primary N) is 1. The van der Waals surface area contributed by atoms with Gasteiger partial charge in [-0.2, -0.15) is 13.2 Å². The highest BCUT2D eigenvalue weighted by Crippen LogP contribution is 2.32. The van der Waals surface area contributed by atoms with Gasteiger partial charge in [0.05, 0.1) is 12.2 Å². The van der Waals surface area contributed by atoms with Crippen LogP contribution in [0, 0.1) is 0 Å². The number of hydrogen-bond acceptors (Lipinski definition) is 8. The van der Waals surface area contributed by atoms with Gasteiger partial charge in [-0.25, -0.2) is 19.7 Å². The van der Waals surface area contributed by atoms with Gasteiger partial charge >= 0.3 is 12.1 Å². The van der Waals surface area contributed by atoms with Crippen LogP contribution in [0.3, 0.4) is 0 Å². The number of benzene rings is 1. The number of carbonyl (C=O) groups is 1. The van der Waals surface area contributed by atoms with E-state index in [0.717, 1.165) is 73.8 Å². The van der Waals surface area contributed by atoms with Crippen molar-refractivity contribution in [3.05, 3.63) is 47.9 Å². The molecule has 2 aliphatic rings. The molecule has 1 saturated heterocycles. The molecule has 1 fully saturated rings. The van der Waals surface area contributed by atoms with Crippen LogP contribution in [0.2, 0.25) is 0 Å². The summed E-state index contributed by atoms with van der Waals surface area (Å²) in [6, 6.07) is 10.2. The van der Waals surface area contributed by atoms with E-state index in [1.54, 1.807) is 6.33 Å². The third-order valence-corrected chi connectivity index (χ3v) is 5.68. The van der Waals surface area contributed by atoms with Crippen LogP contribution in [-0.4, -0.2) is 64.9 Å². The van der Waals surface area contributed by atoms with E-state index >= 15 is 0 Å². The molecule has 2 aliphatic heterocycles. The number of pyridine rings is 1. The lowest BCUT2D eigenvalue weighted by Crippen LogP contribution is -2.45. The first-order valence-electron chi connectivity index (χ1n) is 10.7. The smallest absolute Gasteiger partial charge is 0.475 e. The summed E-state index contributed by atoms with van der Waals surface area (Å²) in [7, 11) is 0. The number of hydrogen-bond donors (Lipinski definition) is 3. The fourth-order valence-corrected chi connectivity index (χ4v) is 4.11. The highest BCUT2D eigenvalue weighted by atomic mass is 19.4. The van der Waals surface area contributed by atoms with Gasteiger partial charge in [-0.15, -0.1) is 0 Å². The lowest BCUT2D eigenvalue weighted by Gasteiger charge is -2.34. The van der Waals surface area contributed by atoms with Gasteiger partial charge in [-0.3, -0.25) is 0 Å². The molecule has 180 valence electrons. The third kappa shape index (κ3) is 5.11. The van der Waals surface area contributed by atoms with Gasteiger partial charge in [-0.1, -0.05) is 24.3 Å². The summed E-state index contributed by atoms with van der Waals surface area (Å²) in [5.74, 6) is -0.156. The molecule has 9 nitrogen and oxygen atoms in total. The van der Waals surface area contributed by atoms with E-state index < -0.39 is 12.1 Å². The number of aliphatic carboxylic acids is 1. The number of halogens is 3. The summed E-state index contributed by atoms with van der Waals surface area (Å²) in [5, 5.41) is 12.8. The van der Waals surface area contributed by atoms with Crippen molar-refractivity contribution in [1.82, 2.24) is 20.3 Å². The highest BCUT2D eigenvalue weighted by molar-refractivity contribution is 5.94. The van der Waals surface area contributed by atoms with Crippen molar-refractivity contribution in [3.8, 4) is 0 Å². The first-order valence-corrected chi connectivity index (χ1v) is 10.7. The van der Waals surface area contributed by atoms with Crippen molar-refractivity contribution in [3.63, 3.8) is 0 Å². The van der Waals surface area contributed by atoms with Crippen LogP contribution < -0.4 is 20.9 Å². The van der Waals surface area contributed by atoms with Gasteiger partial charge in [0.1, 0.15) is 23.8 Å². The number of nitrogen functional groups attached to an aromatic ring is 1. The molecular weight excluding hydrogens is 451 g/mol. The quantitative estimate of drug-likeness (QED) is 0.512. The maximum atomic E-state index is 10.6. The molecule has 0 aliphatic carbocycles. The molecule has 5 rings (SSSR count). The molecule has 2 aromatic heterocycles. The Hall–Kier alpha value is -3.67. The maximum Gasteiger partial charge on any atom is 0.490 e. The molecule has 0 saturated carbocycles. The number of nitrogens with zero attached hydrogens (tertiary/aromatic N) is 5. The van der Waals surface area contributed by atoms with E-state index in [4.69, 9.17) is 15.6 Å². The van der Waals surface area contributed by atoms with Gasteiger partial charge in [0.15, 0.2) is 0 Å². The minimum Gasteiger partial charge on any atom is -0.475 e. The highest BCUT2D eigenvalue weighted by Gasteiger charge is 2.38. The van der Waals surface area contributed by atoms with Crippen LogP contribution in [0.5, 0.6) is 0 Å². The van der Waals surface area contributed by atoms with Gasteiger partial charge < -0.3 is 26.0 Å². The van der Waals surface area contributed by atoms with E-state index in [1.165, 1.54) is 5.56 Å². The number of aromatic nitrogens is 3. The Balaban J connectivity index is 0.000000344. The van der Waals surface area contributed by atoms with Crippen LogP contribution in [0.25, 0.3) is 10.8 Å². The van der Waals surface area contributed by atoms with E-state index in [9.17, 15) is 13.2 Å². The molecule has 1 aromatic carbocycles. The molecule has 34 heavy (non-hydrogen) atoms. The predicted octanol–water partition coefficient (Wildman–Crippen LogP) is 2.21. The predicted molar refractivity (Wildman–Crippen MR) is 122 cm³/mol. The third-order valence-electron chi connectivity index (χ3n) is 5.68. The van der Waals surface area contributed by atoms with Gasteiger partial charge in [-0.05, 0) is 17.9 Å². The standard InChI is InChI=1S/C20H23N7.C2HF3O2/c21-18-11-14-3-1-2-4-15(14)20(25-18)27-8-5-16-17(12-27)23-13-24-19(16)26-9-6-22-7-10-26;3-2(4,5)1(6)7/h1-4,11,13,22H,5-10,12H2,(H2,21,25);(H,6,7). The maximum absolute atomic E-state index is 10.6. The zero-order chi connectivity index (χ0) is 24.3. The Labute approximate surface area is 193 Å². The number of nitrogens with one attached hydrogen (secondary N) is 1. The Morgan fingerprint density at radius 2 is 1.76 bits per heavy atom. The molecule has 0 spiro atoms. The summed E-state index contributed by atoms with van der Waals surface area (Å²) in [6.45, 7) is 5.62. The van der Waals surface area contributed by atoms with E-state index in [-0.39, 0.29) is 0 Å². The van der Waals surface area contributed by atoms with Crippen molar-refractivity contribution in [2.24, 2.45) is 0 Å². The lowest BCUT2D eigenvalue weighted by atomic mass is 10.0. The number of carboxylic acids is 1. The van der Waals surface area contributed by atoms with Gasteiger partial charge in [0.2, 0.25) is 0 Å². The van der Waals surface area contributed by atoms with Crippen LogP contribution in [-0.2, 0) is 17.8 Å². The Morgan fingerprint density at radius 1 is 1.06 bits per heavy atom. The summed E-state index contributed by atoms with van der Waals surface area (Å²) in [4.78, 5) is 27.4. The number of alkyl halides is 3. The number of rotatable bonds is 2. The average molecular weight is 475 g/mol. The molecule has 0 radical (unpaired) electrons. The van der Waals surface area contributed by atoms with Crippen LogP contribution in [0.1, 0.15) is 11.3 Å². The largest absolute Gasteiger partial charge is 0.490 e. The second-order valence-corrected chi connectivity index (χ2v) is 7.93. The topological polar surface area (TPSA) is 121 Å². The SMILES string of the molecule is Nc1cc2ccccc2c(N2CCc3c(ncnc3N3CCNCC3)C2)n1.O=C(O)C(F)(F)F. The summed E-state index contributed by atoms with van der Waals surface area (Å²) in [5.41, 5.74) is 8.45. The number of piperazine rings is 1. The normalized spacial score (nSPS) is 16.0. The second kappa shape index (κ2) is 9.67. The number of fused-ring (bicyclic) bond motifs is 2. The zero-order valence-electron chi connectivity index (χ0n) is 18.2. The van der Waals surface area contributed by atoms with Crippen LogP contribution >= 0.6 is 0 Å². The molecule has 0 unspecified atom stereocenters. The first-order chi connectivity index (χ1) is 16.2. The number of anilines is 3. The fourth-order valence-electron chi connectivity index (χ4n) is 4.11. The van der Waals surface area contributed by atoms with Crippen molar-refractivity contribution in [2.45, 2.75) is 19.1 Å². The van der Waals surface area contributed by atoms with Crippen molar-refractivity contribution in [1.29, 1.82) is 0 Å². The van der Waals surface area contributed by atoms with Crippen molar-refractivity contribution in [2.75, 3.05) is 48.3 Å². The number of carboxylic acid groups (broad SMARTS) is 1. The molecule has 4 heterocycles. The molecular formula is C22H24F3N7O2. The molecule has 3 aromatic rings. The van der Waals surface area contributed by atoms with E-state index in [1.807, 2.05) is 18.2 Å². The zero-order valence-corrected chi connectivity index (χ0v) is 18.2. The summed E-state index contributed by atoms with van der Waals surface area (Å²) >= 11 is 0. The second-order valence-electron chi connectivity index (χ2n) is 7.93. The lowest BCUT2D eigenvalue weighted by molar-refractivity contribution is -0.192. The van der Waals surface area contributed by atoms with E-state index in [0.29, 0.717) is 5.82 Å². The summed E-state index contributed by atoms with van der Waals surface area (Å²) in [6.07, 6.45) is -2.47. The van der Waals surface area contributed by atoms with Crippen LogP contribution in [0.4, 0.5) is 30.6 Å². The van der Waals surface area contributed by atoms with Crippen molar-refractivity contribution < 1.29 is 23.1 Å². The minimum atomic E-state index is -5.08. The van der Waals surface area contributed by atoms with Gasteiger partial charge in [0, 0.05) is 43.7 Å².